The Hall–Kier alpha value is -1.87. The number of hydrogen-bond donors (Lipinski definition) is 1. The van der Waals surface area contributed by atoms with Gasteiger partial charge >= 0.3 is 0 Å². The standard InChI is InChI=1S/C18H22N2S/c1-13(2)15-7-9-16(10-8-15)19-18(21)20(4)17-11-5-14(3)6-12-17/h5-13H,1-4H3,(H,19,21). The molecule has 2 aromatic carbocycles. The molecule has 2 aromatic rings. The second kappa shape index (κ2) is 6.72. The molecule has 0 bridgehead atoms. The summed E-state index contributed by atoms with van der Waals surface area (Å²) in [6.07, 6.45) is 0. The Morgan fingerprint density at radius 1 is 1.00 bits per heavy atom. The molecule has 0 unspecified atom stereocenters. The monoisotopic (exact) mass is 298 g/mol. The molecule has 0 amide bonds. The predicted octanol–water partition coefficient (Wildman–Crippen LogP) is 4.95. The van der Waals surface area contributed by atoms with Crippen LogP contribution in [0.25, 0.3) is 0 Å². The summed E-state index contributed by atoms with van der Waals surface area (Å²) in [6, 6.07) is 16.8. The van der Waals surface area contributed by atoms with Gasteiger partial charge < -0.3 is 10.2 Å². The van der Waals surface area contributed by atoms with Gasteiger partial charge in [0, 0.05) is 18.4 Å². The van der Waals surface area contributed by atoms with Gasteiger partial charge in [-0.05, 0) is 54.9 Å². The zero-order chi connectivity index (χ0) is 15.4. The number of nitrogens with zero attached hydrogens (tertiary/aromatic N) is 1. The minimum Gasteiger partial charge on any atom is -0.332 e. The van der Waals surface area contributed by atoms with E-state index in [9.17, 15) is 0 Å². The summed E-state index contributed by atoms with van der Waals surface area (Å²) in [5, 5.41) is 3.97. The van der Waals surface area contributed by atoms with E-state index in [4.69, 9.17) is 12.2 Å². The molecule has 0 saturated heterocycles. The fraction of sp³-hybridized carbons (Fsp3) is 0.278. The lowest BCUT2D eigenvalue weighted by atomic mass is 10.0. The normalized spacial score (nSPS) is 10.5. The molecule has 2 nitrogen and oxygen atoms in total. The van der Waals surface area contributed by atoms with Crippen molar-refractivity contribution < 1.29 is 0 Å². The van der Waals surface area contributed by atoms with Crippen LogP contribution in [0.5, 0.6) is 0 Å². The Labute approximate surface area is 132 Å². The summed E-state index contributed by atoms with van der Waals surface area (Å²) < 4.78 is 0. The number of benzene rings is 2. The molecule has 0 atom stereocenters. The van der Waals surface area contributed by atoms with Crippen molar-refractivity contribution in [3.8, 4) is 0 Å². The minimum atomic E-state index is 0.543. The lowest BCUT2D eigenvalue weighted by Crippen LogP contribution is -2.30. The number of nitrogens with one attached hydrogen (secondary N) is 1. The summed E-state index contributed by atoms with van der Waals surface area (Å²) in [6.45, 7) is 6.47. The van der Waals surface area contributed by atoms with Crippen LogP contribution in [-0.4, -0.2) is 12.2 Å². The SMILES string of the molecule is Cc1ccc(N(C)C(=S)Nc2ccc(C(C)C)cc2)cc1. The fourth-order valence-electron chi connectivity index (χ4n) is 2.04. The molecule has 1 N–H and O–H groups in total. The van der Waals surface area contributed by atoms with E-state index < -0.39 is 0 Å². The molecule has 0 fully saturated rings. The highest BCUT2D eigenvalue weighted by atomic mass is 32.1. The first-order valence-corrected chi connectivity index (χ1v) is 7.59. The molecule has 0 aliphatic heterocycles. The van der Waals surface area contributed by atoms with Gasteiger partial charge in [0.05, 0.1) is 0 Å². The Balaban J connectivity index is 2.05. The average Bonchev–Trinajstić information content (AvgIpc) is 2.47. The highest BCUT2D eigenvalue weighted by Crippen LogP contribution is 2.19. The van der Waals surface area contributed by atoms with Crippen molar-refractivity contribution >= 4 is 28.7 Å². The van der Waals surface area contributed by atoms with E-state index in [0.29, 0.717) is 11.0 Å². The van der Waals surface area contributed by atoms with Gasteiger partial charge in [0.15, 0.2) is 5.11 Å². The molecule has 0 heterocycles. The number of hydrogen-bond acceptors (Lipinski definition) is 1. The third-order valence-electron chi connectivity index (χ3n) is 3.55. The van der Waals surface area contributed by atoms with Crippen LogP contribution in [0.15, 0.2) is 48.5 Å². The van der Waals surface area contributed by atoms with Crippen LogP contribution in [-0.2, 0) is 0 Å². The van der Waals surface area contributed by atoms with E-state index in [1.165, 1.54) is 11.1 Å². The van der Waals surface area contributed by atoms with Gasteiger partial charge in [0.25, 0.3) is 0 Å². The van der Waals surface area contributed by atoms with Crippen LogP contribution >= 0.6 is 12.2 Å². The summed E-state index contributed by atoms with van der Waals surface area (Å²) in [5.41, 5.74) is 4.67. The van der Waals surface area contributed by atoms with Crippen LogP contribution in [0, 0.1) is 6.92 Å². The molecular formula is C18H22N2S. The smallest absolute Gasteiger partial charge is 0.177 e. The Bertz CT molecular complexity index is 600. The van der Waals surface area contributed by atoms with Gasteiger partial charge in [-0.25, -0.2) is 0 Å². The number of thiocarbonyl (C=S) groups is 1. The number of aryl methyl sites for hydroxylation is 1. The van der Waals surface area contributed by atoms with Gasteiger partial charge in [0.1, 0.15) is 0 Å². The van der Waals surface area contributed by atoms with Crippen molar-refractivity contribution in [1.82, 2.24) is 0 Å². The molecule has 0 radical (unpaired) electrons. The molecule has 3 heteroatoms. The second-order valence-electron chi connectivity index (χ2n) is 5.60. The Morgan fingerprint density at radius 3 is 2.10 bits per heavy atom. The molecule has 0 aliphatic rings. The molecule has 0 aromatic heterocycles. The maximum atomic E-state index is 5.47. The Morgan fingerprint density at radius 2 is 1.57 bits per heavy atom. The van der Waals surface area contributed by atoms with Gasteiger partial charge in [-0.3, -0.25) is 0 Å². The van der Waals surface area contributed by atoms with Crippen molar-refractivity contribution in [2.45, 2.75) is 26.7 Å². The summed E-state index contributed by atoms with van der Waals surface area (Å²) in [5.74, 6) is 0.543. The predicted molar refractivity (Wildman–Crippen MR) is 96.3 cm³/mol. The van der Waals surface area contributed by atoms with Crippen LogP contribution in [0.1, 0.15) is 30.9 Å². The minimum absolute atomic E-state index is 0.543. The molecule has 0 saturated carbocycles. The summed E-state index contributed by atoms with van der Waals surface area (Å²) in [4.78, 5) is 1.98. The molecule has 21 heavy (non-hydrogen) atoms. The van der Waals surface area contributed by atoms with Gasteiger partial charge in [-0.15, -0.1) is 0 Å². The second-order valence-corrected chi connectivity index (χ2v) is 5.99. The first-order chi connectivity index (χ1) is 9.97. The highest BCUT2D eigenvalue weighted by Gasteiger charge is 2.07. The maximum absolute atomic E-state index is 5.47. The zero-order valence-corrected chi connectivity index (χ0v) is 13.9. The maximum Gasteiger partial charge on any atom is 0.177 e. The first-order valence-electron chi connectivity index (χ1n) is 7.18. The van der Waals surface area contributed by atoms with Crippen molar-refractivity contribution in [3.05, 3.63) is 59.7 Å². The van der Waals surface area contributed by atoms with E-state index in [2.05, 4.69) is 74.6 Å². The lowest BCUT2D eigenvalue weighted by Gasteiger charge is -2.21. The summed E-state index contributed by atoms with van der Waals surface area (Å²) >= 11 is 5.47. The van der Waals surface area contributed by atoms with Crippen LogP contribution < -0.4 is 10.2 Å². The highest BCUT2D eigenvalue weighted by molar-refractivity contribution is 7.80. The molecule has 2 rings (SSSR count). The van der Waals surface area contributed by atoms with E-state index in [1.807, 2.05) is 11.9 Å². The van der Waals surface area contributed by atoms with Crippen molar-refractivity contribution in [3.63, 3.8) is 0 Å². The molecule has 0 aliphatic carbocycles. The van der Waals surface area contributed by atoms with E-state index in [0.717, 1.165) is 11.4 Å². The molecule has 0 spiro atoms. The average molecular weight is 298 g/mol. The Kier molecular flexibility index (Phi) is 4.97. The fourth-order valence-corrected chi connectivity index (χ4v) is 2.27. The van der Waals surface area contributed by atoms with Crippen molar-refractivity contribution in [2.75, 3.05) is 17.3 Å². The quantitative estimate of drug-likeness (QED) is 0.807. The molecular weight excluding hydrogens is 276 g/mol. The van der Waals surface area contributed by atoms with Gasteiger partial charge in [-0.2, -0.15) is 0 Å². The van der Waals surface area contributed by atoms with Gasteiger partial charge in [-0.1, -0.05) is 43.7 Å². The van der Waals surface area contributed by atoms with E-state index in [-0.39, 0.29) is 0 Å². The van der Waals surface area contributed by atoms with Crippen LogP contribution in [0.3, 0.4) is 0 Å². The van der Waals surface area contributed by atoms with E-state index in [1.54, 1.807) is 0 Å². The third-order valence-corrected chi connectivity index (χ3v) is 3.93. The van der Waals surface area contributed by atoms with Crippen molar-refractivity contribution in [2.24, 2.45) is 0 Å². The van der Waals surface area contributed by atoms with Crippen LogP contribution in [0.2, 0.25) is 0 Å². The number of rotatable bonds is 3. The third kappa shape index (κ3) is 4.05. The molecule has 110 valence electrons. The summed E-state index contributed by atoms with van der Waals surface area (Å²) in [7, 11) is 1.97. The van der Waals surface area contributed by atoms with Crippen LogP contribution in [0.4, 0.5) is 11.4 Å². The van der Waals surface area contributed by atoms with Crippen molar-refractivity contribution in [1.29, 1.82) is 0 Å². The lowest BCUT2D eigenvalue weighted by molar-refractivity contribution is 0.867. The zero-order valence-electron chi connectivity index (χ0n) is 13.1. The van der Waals surface area contributed by atoms with E-state index >= 15 is 0 Å². The largest absolute Gasteiger partial charge is 0.332 e. The first kappa shape index (κ1) is 15.5. The number of anilines is 2. The topological polar surface area (TPSA) is 15.3 Å². The van der Waals surface area contributed by atoms with Gasteiger partial charge in [0.2, 0.25) is 0 Å².